The van der Waals surface area contributed by atoms with Gasteiger partial charge in [0.15, 0.2) is 0 Å². The topological polar surface area (TPSA) is 57.7 Å². The molecule has 23 heavy (non-hydrogen) atoms. The number of aryl methyl sites for hydroxylation is 1. The molecule has 1 aliphatic rings. The quantitative estimate of drug-likeness (QED) is 0.781. The van der Waals surface area contributed by atoms with Gasteiger partial charge >= 0.3 is 0 Å². The van der Waals surface area contributed by atoms with E-state index in [1.54, 1.807) is 6.33 Å². The van der Waals surface area contributed by atoms with Crippen molar-refractivity contribution in [2.45, 2.75) is 26.2 Å². The van der Waals surface area contributed by atoms with Crippen molar-refractivity contribution in [2.24, 2.45) is 0 Å². The molecule has 1 fully saturated rings. The van der Waals surface area contributed by atoms with Crippen LogP contribution in [-0.4, -0.2) is 33.3 Å². The number of aromatic nitrogens is 4. The zero-order valence-corrected chi connectivity index (χ0v) is 13.9. The number of pyridine rings is 1. The molecule has 5 nitrogen and oxygen atoms in total. The summed E-state index contributed by atoms with van der Waals surface area (Å²) in [5, 5.41) is 8.81. The lowest BCUT2D eigenvalue weighted by molar-refractivity contribution is 0.714. The third-order valence-electron chi connectivity index (χ3n) is 4.74. The molecule has 1 atom stereocenters. The number of hydrogen-bond donors (Lipinski definition) is 1. The molecular formula is C17H18ClN5. The minimum absolute atomic E-state index is 0.389. The fourth-order valence-corrected chi connectivity index (χ4v) is 3.67. The number of nitrogens with one attached hydrogen (secondary N) is 1. The van der Waals surface area contributed by atoms with E-state index in [4.69, 9.17) is 11.6 Å². The van der Waals surface area contributed by atoms with Crippen LogP contribution in [-0.2, 0) is 0 Å². The van der Waals surface area contributed by atoms with Gasteiger partial charge in [0.05, 0.1) is 16.2 Å². The Labute approximate surface area is 139 Å². The first-order chi connectivity index (χ1) is 11.1. The smallest absolute Gasteiger partial charge is 0.137 e. The zero-order chi connectivity index (χ0) is 16.0. The van der Waals surface area contributed by atoms with Gasteiger partial charge in [0.1, 0.15) is 12.2 Å². The minimum atomic E-state index is 0.389. The van der Waals surface area contributed by atoms with E-state index in [0.29, 0.717) is 10.9 Å². The highest BCUT2D eigenvalue weighted by Crippen LogP contribution is 2.38. The van der Waals surface area contributed by atoms with E-state index in [-0.39, 0.29) is 0 Å². The maximum absolute atomic E-state index is 6.37. The molecule has 0 saturated carbocycles. The van der Waals surface area contributed by atoms with Gasteiger partial charge in [0, 0.05) is 30.1 Å². The van der Waals surface area contributed by atoms with E-state index >= 15 is 0 Å². The molecule has 0 amide bonds. The van der Waals surface area contributed by atoms with E-state index < -0.39 is 0 Å². The van der Waals surface area contributed by atoms with Crippen LogP contribution in [0.4, 0.5) is 5.69 Å². The molecule has 0 bridgehead atoms. The second-order valence-electron chi connectivity index (χ2n) is 6.11. The van der Waals surface area contributed by atoms with Crippen molar-refractivity contribution in [3.8, 4) is 0 Å². The summed E-state index contributed by atoms with van der Waals surface area (Å²) in [5.41, 5.74) is 4.38. The number of aromatic amines is 1. The number of anilines is 1. The predicted octanol–water partition coefficient (Wildman–Crippen LogP) is 3.62. The normalized spacial score (nSPS) is 18.0. The van der Waals surface area contributed by atoms with Crippen molar-refractivity contribution in [3.05, 3.63) is 46.6 Å². The van der Waals surface area contributed by atoms with Gasteiger partial charge in [-0.2, -0.15) is 5.10 Å². The lowest BCUT2D eigenvalue weighted by Crippen LogP contribution is -2.21. The van der Waals surface area contributed by atoms with Gasteiger partial charge in [-0.15, -0.1) is 0 Å². The highest BCUT2D eigenvalue weighted by atomic mass is 35.5. The lowest BCUT2D eigenvalue weighted by atomic mass is 10.1. The molecule has 2 aromatic heterocycles. The van der Waals surface area contributed by atoms with Crippen molar-refractivity contribution in [1.82, 2.24) is 20.2 Å². The molecule has 1 saturated heterocycles. The molecule has 1 N–H and O–H groups in total. The van der Waals surface area contributed by atoms with Crippen molar-refractivity contribution < 1.29 is 0 Å². The van der Waals surface area contributed by atoms with Crippen LogP contribution >= 0.6 is 11.6 Å². The van der Waals surface area contributed by atoms with Gasteiger partial charge in [-0.3, -0.25) is 10.1 Å². The van der Waals surface area contributed by atoms with Crippen LogP contribution in [0.25, 0.3) is 10.9 Å². The van der Waals surface area contributed by atoms with Gasteiger partial charge in [-0.1, -0.05) is 23.7 Å². The van der Waals surface area contributed by atoms with Gasteiger partial charge in [0.25, 0.3) is 0 Å². The fourth-order valence-electron chi connectivity index (χ4n) is 3.45. The van der Waals surface area contributed by atoms with Gasteiger partial charge in [-0.05, 0) is 31.9 Å². The molecule has 1 aliphatic heterocycles. The predicted molar refractivity (Wildman–Crippen MR) is 92.2 cm³/mol. The Morgan fingerprint density at radius 2 is 2.17 bits per heavy atom. The first-order valence-corrected chi connectivity index (χ1v) is 8.18. The number of hydrogen-bond acceptors (Lipinski definition) is 4. The summed E-state index contributed by atoms with van der Waals surface area (Å²) in [7, 11) is 0. The molecule has 6 heteroatoms. The molecule has 1 aromatic carbocycles. The molecule has 1 unspecified atom stereocenters. The van der Waals surface area contributed by atoms with Crippen molar-refractivity contribution in [1.29, 1.82) is 0 Å². The Hall–Kier alpha value is -2.14. The largest absolute Gasteiger partial charge is 0.370 e. The molecule has 4 rings (SSSR count). The minimum Gasteiger partial charge on any atom is -0.370 e. The molecule has 3 aromatic rings. The van der Waals surface area contributed by atoms with E-state index in [1.807, 2.05) is 19.1 Å². The first-order valence-electron chi connectivity index (χ1n) is 7.81. The summed E-state index contributed by atoms with van der Waals surface area (Å²) in [5.74, 6) is 1.36. The van der Waals surface area contributed by atoms with Gasteiger partial charge in [0.2, 0.25) is 0 Å². The molecule has 118 valence electrons. The summed E-state index contributed by atoms with van der Waals surface area (Å²) < 4.78 is 0. The van der Waals surface area contributed by atoms with Gasteiger partial charge in [-0.25, -0.2) is 4.98 Å². The van der Waals surface area contributed by atoms with Crippen molar-refractivity contribution in [3.63, 3.8) is 0 Å². The Kier molecular flexibility index (Phi) is 3.45. The fraction of sp³-hybridized carbons (Fsp3) is 0.353. The Morgan fingerprint density at radius 3 is 2.96 bits per heavy atom. The number of para-hydroxylation sites is 1. The number of rotatable bonds is 2. The molecule has 0 radical (unpaired) electrons. The van der Waals surface area contributed by atoms with Crippen molar-refractivity contribution in [2.75, 3.05) is 18.0 Å². The number of benzene rings is 1. The summed E-state index contributed by atoms with van der Waals surface area (Å²) in [6, 6.07) is 6.00. The summed E-state index contributed by atoms with van der Waals surface area (Å²) in [6.07, 6.45) is 2.65. The van der Waals surface area contributed by atoms with Crippen LogP contribution in [0, 0.1) is 13.8 Å². The third-order valence-corrected chi connectivity index (χ3v) is 5.05. The summed E-state index contributed by atoms with van der Waals surface area (Å²) in [6.45, 7) is 6.11. The van der Waals surface area contributed by atoms with E-state index in [2.05, 4.69) is 38.1 Å². The summed E-state index contributed by atoms with van der Waals surface area (Å²) >= 11 is 6.37. The average molecular weight is 328 g/mol. The zero-order valence-electron chi connectivity index (χ0n) is 13.2. The molecule has 0 aliphatic carbocycles. The van der Waals surface area contributed by atoms with E-state index in [9.17, 15) is 0 Å². The van der Waals surface area contributed by atoms with Crippen molar-refractivity contribution >= 4 is 28.2 Å². The second kappa shape index (κ2) is 5.49. The number of halogens is 1. The number of H-pyrrole nitrogens is 1. The van der Waals surface area contributed by atoms with Crippen LogP contribution in [0.2, 0.25) is 5.02 Å². The second-order valence-corrected chi connectivity index (χ2v) is 6.52. The maximum atomic E-state index is 6.37. The van der Waals surface area contributed by atoms with Gasteiger partial charge < -0.3 is 4.90 Å². The highest BCUT2D eigenvalue weighted by Gasteiger charge is 2.28. The van der Waals surface area contributed by atoms with Crippen LogP contribution in [0.3, 0.4) is 0 Å². The average Bonchev–Trinajstić information content (AvgIpc) is 3.20. The molecule has 3 heterocycles. The number of nitrogens with zero attached hydrogens (tertiary/aromatic N) is 4. The Morgan fingerprint density at radius 1 is 1.30 bits per heavy atom. The van der Waals surface area contributed by atoms with Crippen LogP contribution in [0.5, 0.6) is 0 Å². The highest BCUT2D eigenvalue weighted by molar-refractivity contribution is 6.35. The lowest BCUT2D eigenvalue weighted by Gasteiger charge is -2.24. The third kappa shape index (κ3) is 2.36. The maximum Gasteiger partial charge on any atom is 0.137 e. The Balaban J connectivity index is 1.80. The number of fused-ring (bicyclic) bond motifs is 1. The first kappa shape index (κ1) is 14.5. The van der Waals surface area contributed by atoms with Crippen LogP contribution in [0.1, 0.15) is 29.4 Å². The SMILES string of the molecule is Cc1nc2c(Cl)cccc2c(N2CCC(c3ncn[nH]3)C2)c1C. The molecular weight excluding hydrogens is 310 g/mol. The summed E-state index contributed by atoms with van der Waals surface area (Å²) in [4.78, 5) is 11.4. The monoisotopic (exact) mass is 327 g/mol. The molecule has 0 spiro atoms. The Bertz CT molecular complexity index is 859. The van der Waals surface area contributed by atoms with Crippen LogP contribution in [0.15, 0.2) is 24.5 Å². The van der Waals surface area contributed by atoms with Crippen LogP contribution < -0.4 is 4.90 Å². The van der Waals surface area contributed by atoms with E-state index in [1.165, 1.54) is 11.3 Å². The van der Waals surface area contributed by atoms with E-state index in [0.717, 1.165) is 41.9 Å². The standard InChI is InChI=1S/C17H18ClN5/c1-10-11(2)21-15-13(4-3-5-14(15)18)16(10)23-7-6-12(8-23)17-19-9-20-22-17/h3-5,9,12H,6-8H2,1-2H3,(H,19,20,22).